The minimum absolute atomic E-state index is 0.276. The van der Waals surface area contributed by atoms with Gasteiger partial charge in [-0.1, -0.05) is 26.0 Å². The van der Waals surface area contributed by atoms with Crippen LogP contribution in [-0.4, -0.2) is 13.7 Å². The summed E-state index contributed by atoms with van der Waals surface area (Å²) in [5, 5.41) is 0. The van der Waals surface area contributed by atoms with Crippen LogP contribution in [0.15, 0.2) is 24.3 Å². The summed E-state index contributed by atoms with van der Waals surface area (Å²) in [7, 11) is 1.69. The number of hydrogen-bond donors (Lipinski definition) is 0. The lowest BCUT2D eigenvalue weighted by molar-refractivity contribution is 0.104. The first-order valence-corrected chi connectivity index (χ1v) is 5.96. The summed E-state index contributed by atoms with van der Waals surface area (Å²) in [5.41, 5.74) is 1.27. The average molecular weight is 220 g/mol. The Morgan fingerprint density at radius 1 is 1.25 bits per heavy atom. The molecule has 2 unspecified atom stereocenters. The lowest BCUT2D eigenvalue weighted by Crippen LogP contribution is -2.07. The van der Waals surface area contributed by atoms with Crippen LogP contribution < -0.4 is 4.74 Å². The summed E-state index contributed by atoms with van der Waals surface area (Å²) in [6, 6.07) is 8.21. The van der Waals surface area contributed by atoms with Crippen LogP contribution in [0.2, 0.25) is 0 Å². The molecule has 0 bridgehead atoms. The van der Waals surface area contributed by atoms with Crippen molar-refractivity contribution in [2.75, 3.05) is 13.7 Å². The van der Waals surface area contributed by atoms with Gasteiger partial charge in [0.2, 0.25) is 0 Å². The van der Waals surface area contributed by atoms with Crippen LogP contribution in [0, 0.1) is 11.8 Å². The molecule has 1 aromatic carbocycles. The van der Waals surface area contributed by atoms with Crippen molar-refractivity contribution in [3.05, 3.63) is 29.8 Å². The predicted molar refractivity (Wildman–Crippen MR) is 64.6 cm³/mol. The first kappa shape index (κ1) is 11.5. The molecule has 0 spiro atoms. The van der Waals surface area contributed by atoms with E-state index >= 15 is 0 Å². The van der Waals surface area contributed by atoms with Crippen molar-refractivity contribution >= 4 is 0 Å². The fourth-order valence-corrected chi connectivity index (χ4v) is 2.17. The molecule has 0 saturated carbocycles. The molecule has 1 fully saturated rings. The van der Waals surface area contributed by atoms with E-state index < -0.39 is 0 Å². The summed E-state index contributed by atoms with van der Waals surface area (Å²) in [5.74, 6) is 2.32. The van der Waals surface area contributed by atoms with Crippen molar-refractivity contribution in [1.82, 2.24) is 0 Å². The number of benzene rings is 1. The Labute approximate surface area is 97.6 Å². The third kappa shape index (κ3) is 2.38. The second-order valence-corrected chi connectivity index (χ2v) is 4.83. The smallest absolute Gasteiger partial charge is 0.118 e. The molecule has 0 amide bonds. The molecule has 0 radical (unpaired) electrons. The fourth-order valence-electron chi connectivity index (χ4n) is 2.17. The Morgan fingerprint density at radius 3 is 2.44 bits per heavy atom. The first-order chi connectivity index (χ1) is 7.70. The van der Waals surface area contributed by atoms with Gasteiger partial charge in [-0.05, 0) is 36.0 Å². The maximum atomic E-state index is 5.85. The third-order valence-corrected chi connectivity index (χ3v) is 3.46. The molecule has 1 aromatic rings. The van der Waals surface area contributed by atoms with Gasteiger partial charge in [-0.2, -0.15) is 0 Å². The second kappa shape index (κ2) is 4.88. The molecular weight excluding hydrogens is 200 g/mol. The van der Waals surface area contributed by atoms with Crippen LogP contribution in [0.3, 0.4) is 0 Å². The topological polar surface area (TPSA) is 18.5 Å². The van der Waals surface area contributed by atoms with Gasteiger partial charge >= 0.3 is 0 Å². The highest BCUT2D eigenvalue weighted by Crippen LogP contribution is 2.36. The van der Waals surface area contributed by atoms with Crippen LogP contribution in [0.1, 0.15) is 31.9 Å². The molecule has 16 heavy (non-hydrogen) atoms. The second-order valence-electron chi connectivity index (χ2n) is 4.83. The maximum Gasteiger partial charge on any atom is 0.118 e. The van der Waals surface area contributed by atoms with Gasteiger partial charge in [0.1, 0.15) is 5.75 Å². The Morgan fingerprint density at radius 2 is 1.94 bits per heavy atom. The molecule has 1 saturated heterocycles. The molecule has 0 aliphatic carbocycles. The van der Waals surface area contributed by atoms with Gasteiger partial charge in [-0.25, -0.2) is 0 Å². The first-order valence-electron chi connectivity index (χ1n) is 5.96. The van der Waals surface area contributed by atoms with Gasteiger partial charge in [0.15, 0.2) is 0 Å². The van der Waals surface area contributed by atoms with Crippen molar-refractivity contribution in [3.8, 4) is 5.75 Å². The molecule has 1 heterocycles. The molecule has 2 rings (SSSR count). The van der Waals surface area contributed by atoms with Gasteiger partial charge in [0, 0.05) is 0 Å². The Hall–Kier alpha value is -1.02. The quantitative estimate of drug-likeness (QED) is 0.777. The molecule has 0 aromatic heterocycles. The summed E-state index contributed by atoms with van der Waals surface area (Å²) in [6.07, 6.45) is 1.42. The van der Waals surface area contributed by atoms with E-state index in [9.17, 15) is 0 Å². The van der Waals surface area contributed by atoms with Crippen LogP contribution in [-0.2, 0) is 4.74 Å². The van der Waals surface area contributed by atoms with Crippen molar-refractivity contribution in [3.63, 3.8) is 0 Å². The lowest BCUT2D eigenvalue weighted by Gasteiger charge is -2.12. The van der Waals surface area contributed by atoms with Crippen molar-refractivity contribution in [1.29, 1.82) is 0 Å². The van der Waals surface area contributed by atoms with E-state index in [0.29, 0.717) is 11.8 Å². The van der Waals surface area contributed by atoms with Crippen molar-refractivity contribution < 1.29 is 9.47 Å². The molecule has 88 valence electrons. The molecule has 2 atom stereocenters. The summed E-state index contributed by atoms with van der Waals surface area (Å²) < 4.78 is 11.0. The van der Waals surface area contributed by atoms with Crippen LogP contribution in [0.25, 0.3) is 0 Å². The highest BCUT2D eigenvalue weighted by Gasteiger charge is 2.28. The van der Waals surface area contributed by atoms with E-state index in [0.717, 1.165) is 18.8 Å². The molecule has 2 heteroatoms. The zero-order valence-corrected chi connectivity index (χ0v) is 10.3. The molecule has 2 nitrogen and oxygen atoms in total. The Kier molecular flexibility index (Phi) is 3.49. The van der Waals surface area contributed by atoms with Gasteiger partial charge in [-0.15, -0.1) is 0 Å². The Balaban J connectivity index is 2.03. The molecule has 1 aliphatic heterocycles. The number of ether oxygens (including phenoxy) is 2. The van der Waals surface area contributed by atoms with E-state index in [2.05, 4.69) is 26.0 Å². The monoisotopic (exact) mass is 220 g/mol. The average Bonchev–Trinajstić information content (AvgIpc) is 2.78. The van der Waals surface area contributed by atoms with Gasteiger partial charge < -0.3 is 9.47 Å². The van der Waals surface area contributed by atoms with E-state index in [1.807, 2.05) is 12.1 Å². The normalized spacial score (nSPS) is 25.0. The highest BCUT2D eigenvalue weighted by atomic mass is 16.5. The molecule has 1 aliphatic rings. The van der Waals surface area contributed by atoms with Crippen molar-refractivity contribution in [2.45, 2.75) is 26.4 Å². The van der Waals surface area contributed by atoms with E-state index in [1.54, 1.807) is 7.11 Å². The largest absolute Gasteiger partial charge is 0.497 e. The van der Waals surface area contributed by atoms with Gasteiger partial charge in [0.05, 0.1) is 19.8 Å². The van der Waals surface area contributed by atoms with E-state index in [4.69, 9.17) is 9.47 Å². The molecule has 0 N–H and O–H groups in total. The number of methoxy groups -OCH3 is 1. The minimum atomic E-state index is 0.276. The predicted octanol–water partition coefficient (Wildman–Crippen LogP) is 3.43. The maximum absolute atomic E-state index is 5.85. The van der Waals surface area contributed by atoms with E-state index in [-0.39, 0.29) is 6.10 Å². The number of rotatable bonds is 3. The van der Waals surface area contributed by atoms with Gasteiger partial charge in [-0.3, -0.25) is 0 Å². The lowest BCUT2D eigenvalue weighted by atomic mass is 9.91. The standard InChI is InChI=1S/C14H20O2/c1-10(2)12-8-14(16-9-12)11-4-6-13(15-3)7-5-11/h4-7,10,12,14H,8-9H2,1-3H3. The molecular formula is C14H20O2. The minimum Gasteiger partial charge on any atom is -0.497 e. The Bertz CT molecular complexity index is 329. The SMILES string of the molecule is COc1ccc(C2CC(C(C)C)CO2)cc1. The van der Waals surface area contributed by atoms with Crippen LogP contribution >= 0.6 is 0 Å². The summed E-state index contributed by atoms with van der Waals surface area (Å²) in [6.45, 7) is 5.43. The van der Waals surface area contributed by atoms with Crippen LogP contribution in [0.4, 0.5) is 0 Å². The third-order valence-electron chi connectivity index (χ3n) is 3.46. The zero-order chi connectivity index (χ0) is 11.5. The fraction of sp³-hybridized carbons (Fsp3) is 0.571. The van der Waals surface area contributed by atoms with Crippen molar-refractivity contribution in [2.24, 2.45) is 11.8 Å². The highest BCUT2D eigenvalue weighted by molar-refractivity contribution is 5.28. The number of hydrogen-bond acceptors (Lipinski definition) is 2. The zero-order valence-electron chi connectivity index (χ0n) is 10.3. The van der Waals surface area contributed by atoms with Crippen LogP contribution in [0.5, 0.6) is 5.75 Å². The van der Waals surface area contributed by atoms with Gasteiger partial charge in [0.25, 0.3) is 0 Å². The summed E-state index contributed by atoms with van der Waals surface area (Å²) in [4.78, 5) is 0. The van der Waals surface area contributed by atoms with E-state index in [1.165, 1.54) is 5.56 Å². The summed E-state index contributed by atoms with van der Waals surface area (Å²) >= 11 is 0.